The van der Waals surface area contributed by atoms with Gasteiger partial charge in [-0.1, -0.05) is 18.2 Å². The number of carbonyl (C=O) groups excluding carboxylic acids is 1. The van der Waals surface area contributed by atoms with Crippen molar-refractivity contribution >= 4 is 28.4 Å². The standard InChI is InChI=1S/C26H29N3O4/c1-27(2)26(31)18-15-20(22-9-6-10-29(22)19-7-4-3-5-8-19)25-21(16-18)23(30)17-24(33-25)28-11-13-32-14-12-28/h3-5,7-8,15-17,22H,6,9-14H2,1-2H3. The van der Waals surface area contributed by atoms with Gasteiger partial charge in [0.25, 0.3) is 5.91 Å². The summed E-state index contributed by atoms with van der Waals surface area (Å²) in [6.07, 6.45) is 1.95. The van der Waals surface area contributed by atoms with E-state index in [1.54, 1.807) is 26.2 Å². The highest BCUT2D eigenvalue weighted by Gasteiger charge is 2.30. The van der Waals surface area contributed by atoms with E-state index < -0.39 is 0 Å². The molecular weight excluding hydrogens is 418 g/mol. The van der Waals surface area contributed by atoms with Crippen LogP contribution in [0, 0.1) is 0 Å². The van der Waals surface area contributed by atoms with E-state index in [9.17, 15) is 9.59 Å². The molecule has 1 atom stereocenters. The molecule has 2 aliphatic heterocycles. The van der Waals surface area contributed by atoms with Crippen LogP contribution in [0.25, 0.3) is 11.0 Å². The lowest BCUT2D eigenvalue weighted by atomic mass is 9.97. The lowest BCUT2D eigenvalue weighted by molar-refractivity contribution is 0.0827. The van der Waals surface area contributed by atoms with Crippen LogP contribution < -0.4 is 15.2 Å². The molecule has 7 nitrogen and oxygen atoms in total. The van der Waals surface area contributed by atoms with E-state index in [-0.39, 0.29) is 17.4 Å². The maximum absolute atomic E-state index is 13.2. The van der Waals surface area contributed by atoms with E-state index >= 15 is 0 Å². The Morgan fingerprint density at radius 3 is 2.52 bits per heavy atom. The van der Waals surface area contributed by atoms with Gasteiger partial charge >= 0.3 is 0 Å². The Kier molecular flexibility index (Phi) is 5.81. The van der Waals surface area contributed by atoms with Crippen LogP contribution in [0.3, 0.4) is 0 Å². The average molecular weight is 448 g/mol. The summed E-state index contributed by atoms with van der Waals surface area (Å²) >= 11 is 0. The van der Waals surface area contributed by atoms with Gasteiger partial charge < -0.3 is 23.9 Å². The number of para-hydroxylation sites is 1. The molecular formula is C26H29N3O4. The van der Waals surface area contributed by atoms with Crippen molar-refractivity contribution in [3.63, 3.8) is 0 Å². The number of amides is 1. The Balaban J connectivity index is 1.69. The Morgan fingerprint density at radius 1 is 1.03 bits per heavy atom. The molecule has 3 heterocycles. The highest BCUT2D eigenvalue weighted by Crippen LogP contribution is 2.40. The Labute approximate surface area is 193 Å². The van der Waals surface area contributed by atoms with Crippen molar-refractivity contribution in [1.29, 1.82) is 0 Å². The van der Waals surface area contributed by atoms with Gasteiger partial charge in [0, 0.05) is 56.6 Å². The van der Waals surface area contributed by atoms with Gasteiger partial charge in [0.2, 0.25) is 0 Å². The predicted octanol–water partition coefficient (Wildman–Crippen LogP) is 3.67. The molecule has 1 amide bonds. The largest absolute Gasteiger partial charge is 0.440 e. The summed E-state index contributed by atoms with van der Waals surface area (Å²) in [6.45, 7) is 3.49. The number of anilines is 2. The number of benzene rings is 2. The van der Waals surface area contributed by atoms with Gasteiger partial charge in [-0.3, -0.25) is 9.59 Å². The maximum Gasteiger partial charge on any atom is 0.253 e. The van der Waals surface area contributed by atoms with Crippen LogP contribution in [-0.2, 0) is 4.74 Å². The smallest absolute Gasteiger partial charge is 0.253 e. The predicted molar refractivity (Wildman–Crippen MR) is 129 cm³/mol. The van der Waals surface area contributed by atoms with Gasteiger partial charge in [-0.2, -0.15) is 0 Å². The lowest BCUT2D eigenvalue weighted by Crippen LogP contribution is -2.36. The molecule has 0 spiro atoms. The molecule has 1 unspecified atom stereocenters. The van der Waals surface area contributed by atoms with Crippen molar-refractivity contribution in [1.82, 2.24) is 4.90 Å². The molecule has 2 aromatic carbocycles. The molecule has 7 heteroatoms. The first-order valence-corrected chi connectivity index (χ1v) is 11.5. The van der Waals surface area contributed by atoms with E-state index in [1.165, 1.54) is 4.90 Å². The quantitative estimate of drug-likeness (QED) is 0.608. The average Bonchev–Trinajstić information content (AvgIpc) is 3.34. The van der Waals surface area contributed by atoms with Crippen molar-refractivity contribution in [2.24, 2.45) is 0 Å². The van der Waals surface area contributed by atoms with Crippen molar-refractivity contribution in [3.05, 3.63) is 69.9 Å². The maximum atomic E-state index is 13.2. The Bertz CT molecular complexity index is 1220. The summed E-state index contributed by atoms with van der Waals surface area (Å²) in [5.74, 6) is 0.437. The van der Waals surface area contributed by atoms with Crippen LogP contribution in [-0.4, -0.2) is 57.8 Å². The molecule has 0 radical (unpaired) electrons. The summed E-state index contributed by atoms with van der Waals surface area (Å²) in [6, 6.07) is 15.4. The minimum absolute atomic E-state index is 0.0212. The molecule has 0 aliphatic carbocycles. The molecule has 3 aromatic rings. The third-order valence-electron chi connectivity index (χ3n) is 6.52. The number of ether oxygens (including phenoxy) is 1. The fraction of sp³-hybridized carbons (Fsp3) is 0.385. The summed E-state index contributed by atoms with van der Waals surface area (Å²) in [4.78, 5) is 32.1. The molecule has 172 valence electrons. The van der Waals surface area contributed by atoms with E-state index in [0.29, 0.717) is 48.7 Å². The highest BCUT2D eigenvalue weighted by atomic mass is 16.5. The number of fused-ring (bicyclic) bond motifs is 1. The van der Waals surface area contributed by atoms with Crippen molar-refractivity contribution < 1.29 is 13.9 Å². The summed E-state index contributed by atoms with van der Waals surface area (Å²) in [5, 5.41) is 0.453. The topological polar surface area (TPSA) is 66.2 Å². The first kappa shape index (κ1) is 21.5. The van der Waals surface area contributed by atoms with Crippen LogP contribution in [0.1, 0.15) is 34.8 Å². The first-order valence-electron chi connectivity index (χ1n) is 11.5. The molecule has 0 N–H and O–H groups in total. The molecule has 2 saturated heterocycles. The molecule has 5 rings (SSSR count). The van der Waals surface area contributed by atoms with E-state index in [2.05, 4.69) is 21.9 Å². The van der Waals surface area contributed by atoms with Crippen molar-refractivity contribution in [3.8, 4) is 0 Å². The highest BCUT2D eigenvalue weighted by molar-refractivity contribution is 5.98. The normalized spacial score (nSPS) is 18.7. The van der Waals surface area contributed by atoms with Crippen LogP contribution >= 0.6 is 0 Å². The lowest BCUT2D eigenvalue weighted by Gasteiger charge is -2.29. The zero-order chi connectivity index (χ0) is 22.9. The number of nitrogens with zero attached hydrogens (tertiary/aromatic N) is 3. The van der Waals surface area contributed by atoms with Gasteiger partial charge in [0.15, 0.2) is 11.3 Å². The van der Waals surface area contributed by atoms with Crippen LogP contribution in [0.2, 0.25) is 0 Å². The number of morpholine rings is 1. The zero-order valence-electron chi connectivity index (χ0n) is 19.1. The Hall–Kier alpha value is -3.32. The monoisotopic (exact) mass is 447 g/mol. The van der Waals surface area contributed by atoms with Crippen molar-refractivity contribution in [2.75, 3.05) is 56.7 Å². The fourth-order valence-corrected chi connectivity index (χ4v) is 4.86. The van der Waals surface area contributed by atoms with Crippen LogP contribution in [0.15, 0.2) is 57.7 Å². The second-order valence-corrected chi connectivity index (χ2v) is 8.88. The van der Waals surface area contributed by atoms with Gasteiger partial charge in [-0.05, 0) is 37.1 Å². The molecule has 1 aromatic heterocycles. The van der Waals surface area contributed by atoms with E-state index in [4.69, 9.17) is 9.15 Å². The summed E-state index contributed by atoms with van der Waals surface area (Å²) in [5.41, 5.74) is 2.98. The molecule has 2 fully saturated rings. The van der Waals surface area contributed by atoms with Crippen LogP contribution in [0.5, 0.6) is 0 Å². The third kappa shape index (κ3) is 4.09. The number of hydrogen-bond acceptors (Lipinski definition) is 6. The number of rotatable bonds is 4. The fourth-order valence-electron chi connectivity index (χ4n) is 4.86. The third-order valence-corrected chi connectivity index (χ3v) is 6.52. The second-order valence-electron chi connectivity index (χ2n) is 8.88. The second kappa shape index (κ2) is 8.90. The van der Waals surface area contributed by atoms with E-state index in [0.717, 1.165) is 30.6 Å². The molecule has 0 bridgehead atoms. The van der Waals surface area contributed by atoms with Gasteiger partial charge in [0.1, 0.15) is 5.58 Å². The van der Waals surface area contributed by atoms with Crippen molar-refractivity contribution in [2.45, 2.75) is 18.9 Å². The number of hydrogen-bond donors (Lipinski definition) is 0. The summed E-state index contributed by atoms with van der Waals surface area (Å²) in [7, 11) is 3.45. The number of carbonyl (C=O) groups is 1. The first-order chi connectivity index (χ1) is 16.0. The zero-order valence-corrected chi connectivity index (χ0v) is 19.1. The molecule has 33 heavy (non-hydrogen) atoms. The molecule has 0 saturated carbocycles. The minimum Gasteiger partial charge on any atom is -0.440 e. The minimum atomic E-state index is -0.128. The van der Waals surface area contributed by atoms with E-state index in [1.807, 2.05) is 24.3 Å². The van der Waals surface area contributed by atoms with Gasteiger partial charge in [-0.15, -0.1) is 0 Å². The molecule has 2 aliphatic rings. The Morgan fingerprint density at radius 2 is 1.79 bits per heavy atom. The van der Waals surface area contributed by atoms with Gasteiger partial charge in [0.05, 0.1) is 24.6 Å². The summed E-state index contributed by atoms with van der Waals surface area (Å²) < 4.78 is 11.9. The SMILES string of the molecule is CN(C)C(=O)c1cc(C2CCCN2c2ccccc2)c2oc(N3CCOCC3)cc(=O)c2c1. The van der Waals surface area contributed by atoms with Gasteiger partial charge in [-0.25, -0.2) is 0 Å². The van der Waals surface area contributed by atoms with Crippen LogP contribution in [0.4, 0.5) is 11.6 Å².